The number of nitrogens with one attached hydrogen (secondary N) is 1. The number of ketones is 1. The van der Waals surface area contributed by atoms with Crippen LogP contribution in [0.3, 0.4) is 0 Å². The molecule has 1 heterocycles. The molecule has 0 spiro atoms. The number of hydrogen-bond acceptors (Lipinski definition) is 7. The molecular formula is C19H27N3O5. The number of aliphatic hydroxyl groups excluding tert-OH is 2. The predicted molar refractivity (Wildman–Crippen MR) is 99.2 cm³/mol. The minimum absolute atomic E-state index is 0.0837. The summed E-state index contributed by atoms with van der Waals surface area (Å²) in [6, 6.07) is 5.74. The molecule has 148 valence electrons. The van der Waals surface area contributed by atoms with Crippen molar-refractivity contribution in [2.45, 2.75) is 39.5 Å². The Hall–Kier alpha value is -2.29. The lowest BCUT2D eigenvalue weighted by Crippen LogP contribution is -2.41. The molecular weight excluding hydrogens is 350 g/mol. The maximum absolute atomic E-state index is 11.8. The fraction of sp³-hybridized carbons (Fsp3) is 0.526. The van der Waals surface area contributed by atoms with E-state index in [1.807, 2.05) is 18.2 Å². The Morgan fingerprint density at radius 3 is 2.41 bits per heavy atom. The molecule has 8 nitrogen and oxygen atoms in total. The molecule has 1 saturated heterocycles. The number of oxime groups is 1. The quantitative estimate of drug-likeness (QED) is 0.225. The molecule has 0 bridgehead atoms. The van der Waals surface area contributed by atoms with Gasteiger partial charge in [-0.1, -0.05) is 23.4 Å². The van der Waals surface area contributed by atoms with Crippen LogP contribution in [0, 0.1) is 5.92 Å². The van der Waals surface area contributed by atoms with E-state index in [2.05, 4.69) is 15.4 Å². The summed E-state index contributed by atoms with van der Waals surface area (Å²) in [6.07, 6.45) is 1.82. The Kier molecular flexibility index (Phi) is 7.90. The van der Waals surface area contributed by atoms with Crippen LogP contribution in [-0.2, 0) is 29.3 Å². The Bertz CT molecular complexity index is 697. The lowest BCUT2D eigenvalue weighted by atomic mass is 9.96. The van der Waals surface area contributed by atoms with Gasteiger partial charge in [0.05, 0.1) is 13.2 Å². The average molecular weight is 377 g/mol. The van der Waals surface area contributed by atoms with Gasteiger partial charge in [0.2, 0.25) is 5.71 Å². The fourth-order valence-electron chi connectivity index (χ4n) is 3.28. The van der Waals surface area contributed by atoms with Crippen LogP contribution in [-0.4, -0.2) is 57.4 Å². The van der Waals surface area contributed by atoms with Gasteiger partial charge < -0.3 is 20.7 Å². The molecule has 0 unspecified atom stereocenters. The van der Waals surface area contributed by atoms with E-state index in [1.54, 1.807) is 0 Å². The summed E-state index contributed by atoms with van der Waals surface area (Å²) in [7, 11) is 0. The van der Waals surface area contributed by atoms with Gasteiger partial charge in [0.15, 0.2) is 5.78 Å². The summed E-state index contributed by atoms with van der Waals surface area (Å²) in [5.41, 5.74) is 2.11. The molecule has 1 aliphatic heterocycles. The van der Waals surface area contributed by atoms with Gasteiger partial charge in [-0.15, -0.1) is 0 Å². The van der Waals surface area contributed by atoms with Crippen LogP contribution < -0.4 is 5.32 Å². The standard InChI is InChI=1S/C19H27N3O5/c1-13(25)18(21-27)19(26)20-9-14-4-6-22(7-5-14)10-15-2-3-16(11-23)17(8-15)12-24/h2-3,8,14,23-24,27H,4-7,9-12H2,1H3,(H,20,26)/b21-18+. The molecule has 0 aliphatic carbocycles. The normalized spacial score (nSPS) is 16.3. The maximum atomic E-state index is 11.8. The van der Waals surface area contributed by atoms with E-state index in [0.29, 0.717) is 12.5 Å². The smallest absolute Gasteiger partial charge is 0.277 e. The summed E-state index contributed by atoms with van der Waals surface area (Å²) >= 11 is 0. The van der Waals surface area contributed by atoms with Crippen LogP contribution >= 0.6 is 0 Å². The number of carbonyl (C=O) groups is 2. The van der Waals surface area contributed by atoms with E-state index in [9.17, 15) is 19.8 Å². The summed E-state index contributed by atoms with van der Waals surface area (Å²) in [6.45, 7) is 3.98. The molecule has 0 radical (unpaired) electrons. The molecule has 1 amide bonds. The summed E-state index contributed by atoms with van der Waals surface area (Å²) in [4.78, 5) is 25.3. The summed E-state index contributed by atoms with van der Waals surface area (Å²) < 4.78 is 0. The topological polar surface area (TPSA) is 122 Å². The second-order valence-electron chi connectivity index (χ2n) is 6.85. The zero-order valence-electron chi connectivity index (χ0n) is 15.5. The third-order valence-corrected chi connectivity index (χ3v) is 4.92. The molecule has 0 aromatic heterocycles. The van der Waals surface area contributed by atoms with Crippen LogP contribution in [0.1, 0.15) is 36.5 Å². The van der Waals surface area contributed by atoms with Crippen molar-refractivity contribution in [1.82, 2.24) is 10.2 Å². The lowest BCUT2D eigenvalue weighted by molar-refractivity contribution is -0.117. The molecule has 0 saturated carbocycles. The molecule has 2 rings (SSSR count). The number of aliphatic hydroxyl groups is 2. The molecule has 1 aliphatic rings. The van der Waals surface area contributed by atoms with Crippen molar-refractivity contribution in [2.24, 2.45) is 11.1 Å². The first-order chi connectivity index (χ1) is 13.0. The second-order valence-corrected chi connectivity index (χ2v) is 6.85. The predicted octanol–water partition coefficient (Wildman–Crippen LogP) is 0.419. The minimum atomic E-state index is -0.645. The number of hydrogen-bond donors (Lipinski definition) is 4. The van der Waals surface area contributed by atoms with Gasteiger partial charge in [-0.2, -0.15) is 0 Å². The van der Waals surface area contributed by atoms with Gasteiger partial charge in [-0.25, -0.2) is 0 Å². The van der Waals surface area contributed by atoms with Gasteiger partial charge in [-0.05, 0) is 48.5 Å². The highest BCUT2D eigenvalue weighted by molar-refractivity contribution is 6.65. The number of carbonyl (C=O) groups excluding carboxylic acids is 2. The van der Waals surface area contributed by atoms with E-state index in [4.69, 9.17) is 5.21 Å². The van der Waals surface area contributed by atoms with Gasteiger partial charge in [0.25, 0.3) is 5.91 Å². The van der Waals surface area contributed by atoms with Crippen LogP contribution in [0.15, 0.2) is 23.4 Å². The van der Waals surface area contributed by atoms with Crippen LogP contribution in [0.2, 0.25) is 0 Å². The lowest BCUT2D eigenvalue weighted by Gasteiger charge is -2.32. The molecule has 27 heavy (non-hydrogen) atoms. The highest BCUT2D eigenvalue weighted by atomic mass is 16.4. The van der Waals surface area contributed by atoms with Crippen LogP contribution in [0.25, 0.3) is 0 Å². The van der Waals surface area contributed by atoms with Gasteiger partial charge in [0, 0.05) is 20.0 Å². The average Bonchev–Trinajstić information content (AvgIpc) is 2.67. The number of rotatable bonds is 8. The molecule has 0 atom stereocenters. The van der Waals surface area contributed by atoms with Gasteiger partial charge in [0.1, 0.15) is 0 Å². The molecule has 1 aromatic carbocycles. The van der Waals surface area contributed by atoms with Crippen molar-refractivity contribution >= 4 is 17.4 Å². The Balaban J connectivity index is 1.80. The first-order valence-electron chi connectivity index (χ1n) is 9.04. The van der Waals surface area contributed by atoms with Crippen LogP contribution in [0.5, 0.6) is 0 Å². The van der Waals surface area contributed by atoms with Crippen molar-refractivity contribution in [3.63, 3.8) is 0 Å². The number of amides is 1. The minimum Gasteiger partial charge on any atom is -0.410 e. The van der Waals surface area contributed by atoms with E-state index >= 15 is 0 Å². The van der Waals surface area contributed by atoms with Gasteiger partial charge in [-0.3, -0.25) is 14.5 Å². The zero-order chi connectivity index (χ0) is 19.8. The number of likely N-dealkylation sites (tertiary alicyclic amines) is 1. The van der Waals surface area contributed by atoms with Crippen molar-refractivity contribution < 1.29 is 25.0 Å². The first kappa shape index (κ1) is 21.0. The van der Waals surface area contributed by atoms with Gasteiger partial charge >= 0.3 is 0 Å². The van der Waals surface area contributed by atoms with E-state index in [1.165, 1.54) is 6.92 Å². The fourth-order valence-corrected chi connectivity index (χ4v) is 3.28. The molecule has 1 fully saturated rings. The SMILES string of the molecule is CC(=O)/C(=N\O)C(=O)NCC1CCN(Cc2ccc(CO)c(CO)c2)CC1. The number of nitrogens with zero attached hydrogens (tertiary/aromatic N) is 2. The second kappa shape index (κ2) is 10.1. The van der Waals surface area contributed by atoms with Crippen molar-refractivity contribution in [2.75, 3.05) is 19.6 Å². The Labute approximate surface area is 158 Å². The largest absolute Gasteiger partial charge is 0.410 e. The van der Waals surface area contributed by atoms with E-state index in [0.717, 1.165) is 49.2 Å². The van der Waals surface area contributed by atoms with E-state index in [-0.39, 0.29) is 13.2 Å². The van der Waals surface area contributed by atoms with E-state index < -0.39 is 17.4 Å². The Morgan fingerprint density at radius 1 is 1.19 bits per heavy atom. The number of Topliss-reactive ketones (excluding diaryl/α,β-unsaturated/α-hetero) is 1. The molecule has 8 heteroatoms. The third kappa shape index (κ3) is 5.85. The number of benzene rings is 1. The van der Waals surface area contributed by atoms with Crippen molar-refractivity contribution in [3.05, 3.63) is 34.9 Å². The first-order valence-corrected chi connectivity index (χ1v) is 9.04. The van der Waals surface area contributed by atoms with Crippen LogP contribution in [0.4, 0.5) is 0 Å². The molecule has 4 N–H and O–H groups in total. The number of piperidine rings is 1. The third-order valence-electron chi connectivity index (χ3n) is 4.92. The zero-order valence-corrected chi connectivity index (χ0v) is 15.5. The summed E-state index contributed by atoms with van der Waals surface area (Å²) in [5, 5.41) is 32.8. The maximum Gasteiger partial charge on any atom is 0.277 e. The Morgan fingerprint density at radius 2 is 1.85 bits per heavy atom. The highest BCUT2D eigenvalue weighted by Crippen LogP contribution is 2.20. The molecule has 1 aromatic rings. The monoisotopic (exact) mass is 377 g/mol. The highest BCUT2D eigenvalue weighted by Gasteiger charge is 2.22. The van der Waals surface area contributed by atoms with Crippen molar-refractivity contribution in [3.8, 4) is 0 Å². The summed E-state index contributed by atoms with van der Waals surface area (Å²) in [5.74, 6) is -0.908. The van der Waals surface area contributed by atoms with Crippen molar-refractivity contribution in [1.29, 1.82) is 0 Å².